The summed E-state index contributed by atoms with van der Waals surface area (Å²) in [6.45, 7) is -0.420. The lowest BCUT2D eigenvalue weighted by Crippen LogP contribution is -2.34. The first-order chi connectivity index (χ1) is 11.5. The Hall–Kier alpha value is -2.22. The van der Waals surface area contributed by atoms with Crippen LogP contribution in [-0.2, 0) is 0 Å². The third kappa shape index (κ3) is 3.64. The number of anilines is 1. The van der Waals surface area contributed by atoms with Gasteiger partial charge in [0, 0.05) is 11.9 Å². The highest BCUT2D eigenvalue weighted by molar-refractivity contribution is 7.09. The largest absolute Gasteiger partial charge is 0.433 e. The number of aromatic nitrogens is 1. The predicted molar refractivity (Wildman–Crippen MR) is 87.6 cm³/mol. The molecule has 1 fully saturated rings. The number of thiazole rings is 1. The number of benzene rings is 1. The van der Waals surface area contributed by atoms with Crippen molar-refractivity contribution in [1.29, 1.82) is 0 Å². The summed E-state index contributed by atoms with van der Waals surface area (Å²) in [5.74, 6) is -0.0545. The third-order valence-electron chi connectivity index (χ3n) is 3.84. The van der Waals surface area contributed by atoms with Crippen LogP contribution >= 0.6 is 11.3 Å². The van der Waals surface area contributed by atoms with Gasteiger partial charge in [-0.05, 0) is 31.9 Å². The molecule has 0 bridgehead atoms. The fourth-order valence-electron chi connectivity index (χ4n) is 2.81. The number of likely N-dealkylation sites (tertiary alicyclic amines) is 1. The van der Waals surface area contributed by atoms with Crippen molar-refractivity contribution in [2.24, 2.45) is 0 Å². The smallest absolute Gasteiger partial charge is 0.387 e. The van der Waals surface area contributed by atoms with Crippen LogP contribution in [0.2, 0.25) is 0 Å². The molecule has 3 rings (SSSR count). The van der Waals surface area contributed by atoms with Gasteiger partial charge >= 0.3 is 12.6 Å². The van der Waals surface area contributed by atoms with Crippen molar-refractivity contribution < 1.29 is 18.3 Å². The molecule has 0 saturated carbocycles. The number of nitrogens with zero attached hydrogens (tertiary/aromatic N) is 2. The number of alkyl halides is 2. The SMILES string of the molecule is Cc1nc([C@@H]2CCCN2C(=O)Nc2ccccc2OC(F)F)cs1. The minimum Gasteiger partial charge on any atom is -0.433 e. The highest BCUT2D eigenvalue weighted by Crippen LogP contribution is 2.34. The molecule has 1 aromatic carbocycles. The highest BCUT2D eigenvalue weighted by atomic mass is 32.1. The van der Waals surface area contributed by atoms with E-state index in [0.29, 0.717) is 6.54 Å². The van der Waals surface area contributed by atoms with Gasteiger partial charge in [0.1, 0.15) is 5.75 Å². The Morgan fingerprint density at radius 1 is 1.46 bits per heavy atom. The monoisotopic (exact) mass is 353 g/mol. The molecule has 0 aliphatic carbocycles. The number of carbonyl (C=O) groups excluding carboxylic acids is 1. The van der Waals surface area contributed by atoms with E-state index in [4.69, 9.17) is 0 Å². The number of hydrogen-bond donors (Lipinski definition) is 1. The Morgan fingerprint density at radius 2 is 2.25 bits per heavy atom. The number of carbonyl (C=O) groups is 1. The topological polar surface area (TPSA) is 54.5 Å². The molecule has 1 aliphatic heterocycles. The summed E-state index contributed by atoms with van der Waals surface area (Å²) < 4.78 is 29.4. The van der Waals surface area contributed by atoms with Crippen LogP contribution in [0.3, 0.4) is 0 Å². The van der Waals surface area contributed by atoms with Crippen molar-refractivity contribution in [1.82, 2.24) is 9.88 Å². The van der Waals surface area contributed by atoms with Crippen LogP contribution < -0.4 is 10.1 Å². The van der Waals surface area contributed by atoms with E-state index in [9.17, 15) is 13.6 Å². The molecular formula is C16H17F2N3O2S. The van der Waals surface area contributed by atoms with Gasteiger partial charge in [-0.15, -0.1) is 11.3 Å². The zero-order chi connectivity index (χ0) is 17.1. The molecule has 2 amide bonds. The molecule has 2 aromatic rings. The first-order valence-corrected chi connectivity index (χ1v) is 8.46. The average Bonchev–Trinajstić information content (AvgIpc) is 3.17. The van der Waals surface area contributed by atoms with Crippen molar-refractivity contribution in [2.45, 2.75) is 32.4 Å². The van der Waals surface area contributed by atoms with E-state index in [0.717, 1.165) is 23.5 Å². The maximum absolute atomic E-state index is 12.6. The number of rotatable bonds is 4. The summed E-state index contributed by atoms with van der Waals surface area (Å²) in [5, 5.41) is 5.58. The lowest BCUT2D eigenvalue weighted by atomic mass is 10.2. The molecule has 1 N–H and O–H groups in total. The maximum atomic E-state index is 12.6. The van der Waals surface area contributed by atoms with Gasteiger partial charge in [0.05, 0.1) is 22.4 Å². The van der Waals surface area contributed by atoms with Crippen LogP contribution in [-0.4, -0.2) is 29.1 Å². The Balaban J connectivity index is 1.75. The minimum atomic E-state index is -2.94. The Morgan fingerprint density at radius 3 is 2.96 bits per heavy atom. The van der Waals surface area contributed by atoms with E-state index in [2.05, 4.69) is 15.0 Å². The average molecular weight is 353 g/mol. The van der Waals surface area contributed by atoms with Crippen molar-refractivity contribution in [3.8, 4) is 5.75 Å². The molecule has 5 nitrogen and oxygen atoms in total. The van der Waals surface area contributed by atoms with E-state index in [1.807, 2.05) is 12.3 Å². The number of para-hydroxylation sites is 2. The molecule has 1 aromatic heterocycles. The number of aryl methyl sites for hydroxylation is 1. The number of amides is 2. The van der Waals surface area contributed by atoms with Crippen molar-refractivity contribution in [2.75, 3.05) is 11.9 Å². The normalized spacial score (nSPS) is 17.3. The molecule has 1 saturated heterocycles. The van der Waals surface area contributed by atoms with E-state index >= 15 is 0 Å². The van der Waals surface area contributed by atoms with E-state index in [1.54, 1.807) is 28.4 Å². The molecule has 0 radical (unpaired) electrons. The number of hydrogen-bond acceptors (Lipinski definition) is 4. The minimum absolute atomic E-state index is 0.0545. The fourth-order valence-corrected chi connectivity index (χ4v) is 3.47. The standard InChI is InChI=1S/C16H17F2N3O2S/c1-10-19-12(9-24-10)13-6-4-8-21(13)16(22)20-11-5-2-3-7-14(11)23-15(17)18/h2-3,5,7,9,13,15H,4,6,8H2,1H3,(H,20,22)/t13-/m0/s1. The number of halogens is 2. The summed E-state index contributed by atoms with van der Waals surface area (Å²) in [5.41, 5.74) is 1.10. The van der Waals surface area contributed by atoms with Crippen LogP contribution in [0.4, 0.5) is 19.3 Å². The summed E-state index contributed by atoms with van der Waals surface area (Å²) in [6, 6.07) is 5.73. The van der Waals surface area contributed by atoms with Gasteiger partial charge < -0.3 is 15.0 Å². The number of urea groups is 1. The van der Waals surface area contributed by atoms with E-state index in [1.165, 1.54) is 12.1 Å². The molecule has 24 heavy (non-hydrogen) atoms. The van der Waals surface area contributed by atoms with Crippen molar-refractivity contribution >= 4 is 23.1 Å². The highest BCUT2D eigenvalue weighted by Gasteiger charge is 2.32. The molecule has 128 valence electrons. The molecule has 0 unspecified atom stereocenters. The van der Waals surface area contributed by atoms with Crippen LogP contribution in [0.25, 0.3) is 0 Å². The Labute approximate surface area is 142 Å². The van der Waals surface area contributed by atoms with Crippen molar-refractivity contribution in [3.63, 3.8) is 0 Å². The quantitative estimate of drug-likeness (QED) is 0.885. The van der Waals surface area contributed by atoms with Gasteiger partial charge in [-0.3, -0.25) is 0 Å². The molecule has 8 heteroatoms. The van der Waals surface area contributed by atoms with Gasteiger partial charge in [0.15, 0.2) is 0 Å². The summed E-state index contributed by atoms with van der Waals surface area (Å²) in [6.07, 6.45) is 1.72. The predicted octanol–water partition coefficient (Wildman–Crippen LogP) is 4.42. The van der Waals surface area contributed by atoms with Crippen LogP contribution in [0.15, 0.2) is 29.6 Å². The van der Waals surface area contributed by atoms with Gasteiger partial charge in [0.25, 0.3) is 0 Å². The van der Waals surface area contributed by atoms with Crippen molar-refractivity contribution in [3.05, 3.63) is 40.3 Å². The number of nitrogens with one attached hydrogen (secondary N) is 1. The zero-order valence-electron chi connectivity index (χ0n) is 13.0. The summed E-state index contributed by atoms with van der Waals surface area (Å²) >= 11 is 1.55. The lowest BCUT2D eigenvalue weighted by Gasteiger charge is -2.24. The van der Waals surface area contributed by atoms with E-state index in [-0.39, 0.29) is 23.5 Å². The summed E-state index contributed by atoms with van der Waals surface area (Å²) in [4.78, 5) is 18.7. The molecular weight excluding hydrogens is 336 g/mol. The Bertz CT molecular complexity index is 723. The number of ether oxygens (including phenoxy) is 1. The third-order valence-corrected chi connectivity index (χ3v) is 4.63. The van der Waals surface area contributed by atoms with Gasteiger partial charge in [0.2, 0.25) is 0 Å². The summed E-state index contributed by atoms with van der Waals surface area (Å²) in [7, 11) is 0. The van der Waals surface area contributed by atoms with Crippen LogP contribution in [0, 0.1) is 6.92 Å². The van der Waals surface area contributed by atoms with Gasteiger partial charge in [-0.2, -0.15) is 8.78 Å². The fraction of sp³-hybridized carbons (Fsp3) is 0.375. The Kier molecular flexibility index (Phi) is 4.94. The lowest BCUT2D eigenvalue weighted by molar-refractivity contribution is -0.0493. The van der Waals surface area contributed by atoms with E-state index < -0.39 is 6.61 Å². The molecule has 1 atom stereocenters. The first kappa shape index (κ1) is 16.6. The molecule has 1 aliphatic rings. The van der Waals surface area contributed by atoms with Crippen LogP contribution in [0.1, 0.15) is 29.6 Å². The second kappa shape index (κ2) is 7.12. The zero-order valence-corrected chi connectivity index (χ0v) is 13.9. The van der Waals surface area contributed by atoms with Gasteiger partial charge in [-0.25, -0.2) is 9.78 Å². The first-order valence-electron chi connectivity index (χ1n) is 7.58. The molecule has 0 spiro atoms. The molecule has 2 heterocycles. The second-order valence-electron chi connectivity index (χ2n) is 5.45. The second-order valence-corrected chi connectivity index (χ2v) is 6.51. The van der Waals surface area contributed by atoms with Gasteiger partial charge in [-0.1, -0.05) is 12.1 Å². The van der Waals surface area contributed by atoms with Crippen LogP contribution in [0.5, 0.6) is 5.75 Å². The maximum Gasteiger partial charge on any atom is 0.387 e.